The van der Waals surface area contributed by atoms with E-state index in [1.54, 1.807) is 0 Å². The van der Waals surface area contributed by atoms with Crippen LogP contribution < -0.4 is 5.32 Å². The molecular formula is C11H21NO3S. The number of sulfone groups is 1. The van der Waals surface area contributed by atoms with Crippen LogP contribution in [0.4, 0.5) is 0 Å². The second kappa shape index (κ2) is 5.02. The molecule has 2 aliphatic heterocycles. The van der Waals surface area contributed by atoms with Crippen molar-refractivity contribution in [1.29, 1.82) is 0 Å². The minimum atomic E-state index is -2.76. The Bertz CT molecular complexity index is 322. The average Bonchev–Trinajstić information content (AvgIpc) is 2.59. The third-order valence-corrected chi connectivity index (χ3v) is 5.47. The second-order valence-electron chi connectivity index (χ2n) is 5.01. The SMILES string of the molecule is CC(NC1CCS(=O)(=O)C1)C1CCOCC1. The molecule has 2 saturated heterocycles. The van der Waals surface area contributed by atoms with Gasteiger partial charge < -0.3 is 10.1 Å². The average molecular weight is 247 g/mol. The van der Waals surface area contributed by atoms with Crippen LogP contribution in [0.3, 0.4) is 0 Å². The zero-order valence-electron chi connectivity index (χ0n) is 9.81. The Hall–Kier alpha value is -0.130. The number of nitrogens with one attached hydrogen (secondary N) is 1. The van der Waals surface area contributed by atoms with E-state index in [1.807, 2.05) is 0 Å². The lowest BCUT2D eigenvalue weighted by Crippen LogP contribution is -2.43. The summed E-state index contributed by atoms with van der Waals surface area (Å²) in [6.07, 6.45) is 2.96. The Morgan fingerprint density at radius 2 is 1.94 bits per heavy atom. The molecule has 2 fully saturated rings. The van der Waals surface area contributed by atoms with Crippen molar-refractivity contribution in [3.8, 4) is 0 Å². The molecule has 0 spiro atoms. The molecule has 5 heteroatoms. The Morgan fingerprint density at radius 1 is 1.25 bits per heavy atom. The molecule has 94 valence electrons. The third-order valence-electron chi connectivity index (χ3n) is 3.70. The van der Waals surface area contributed by atoms with Crippen LogP contribution in [0.15, 0.2) is 0 Å². The molecule has 2 heterocycles. The van der Waals surface area contributed by atoms with E-state index in [9.17, 15) is 8.42 Å². The van der Waals surface area contributed by atoms with Crippen molar-refractivity contribution in [3.63, 3.8) is 0 Å². The van der Waals surface area contributed by atoms with E-state index in [4.69, 9.17) is 4.74 Å². The van der Waals surface area contributed by atoms with Crippen molar-refractivity contribution < 1.29 is 13.2 Å². The maximum absolute atomic E-state index is 11.3. The highest BCUT2D eigenvalue weighted by molar-refractivity contribution is 7.91. The smallest absolute Gasteiger partial charge is 0.151 e. The van der Waals surface area contributed by atoms with E-state index in [2.05, 4.69) is 12.2 Å². The Morgan fingerprint density at radius 3 is 2.50 bits per heavy atom. The number of ether oxygens (including phenoxy) is 1. The minimum Gasteiger partial charge on any atom is -0.381 e. The van der Waals surface area contributed by atoms with E-state index in [0.29, 0.717) is 23.5 Å². The monoisotopic (exact) mass is 247 g/mol. The van der Waals surface area contributed by atoms with Gasteiger partial charge in [0.05, 0.1) is 11.5 Å². The van der Waals surface area contributed by atoms with Crippen LogP contribution in [0.1, 0.15) is 26.2 Å². The highest BCUT2D eigenvalue weighted by Gasteiger charge is 2.30. The first kappa shape index (κ1) is 12.3. The first-order chi connectivity index (χ1) is 7.57. The first-order valence-corrected chi connectivity index (χ1v) is 7.93. The summed E-state index contributed by atoms with van der Waals surface area (Å²) >= 11 is 0. The van der Waals surface area contributed by atoms with E-state index >= 15 is 0 Å². The topological polar surface area (TPSA) is 55.4 Å². The van der Waals surface area contributed by atoms with Gasteiger partial charge >= 0.3 is 0 Å². The normalized spacial score (nSPS) is 32.7. The van der Waals surface area contributed by atoms with Crippen LogP contribution in [0.5, 0.6) is 0 Å². The lowest BCUT2D eigenvalue weighted by molar-refractivity contribution is 0.0548. The molecule has 0 aromatic carbocycles. The lowest BCUT2D eigenvalue weighted by Gasteiger charge is -2.30. The molecule has 0 amide bonds. The summed E-state index contributed by atoms with van der Waals surface area (Å²) in [4.78, 5) is 0. The van der Waals surface area contributed by atoms with Crippen molar-refractivity contribution in [2.45, 2.75) is 38.3 Å². The molecule has 0 aromatic rings. The Kier molecular flexibility index (Phi) is 3.87. The van der Waals surface area contributed by atoms with Gasteiger partial charge in [-0.15, -0.1) is 0 Å². The summed E-state index contributed by atoms with van der Waals surface area (Å²) in [5, 5.41) is 3.47. The predicted octanol–water partition coefficient (Wildman–Crippen LogP) is 0.578. The zero-order valence-corrected chi connectivity index (χ0v) is 10.6. The summed E-state index contributed by atoms with van der Waals surface area (Å²) in [5.41, 5.74) is 0. The number of hydrogen-bond acceptors (Lipinski definition) is 4. The van der Waals surface area contributed by atoms with Crippen molar-refractivity contribution in [3.05, 3.63) is 0 Å². The van der Waals surface area contributed by atoms with Crippen LogP contribution in [0.25, 0.3) is 0 Å². The molecule has 0 aliphatic carbocycles. The van der Waals surface area contributed by atoms with Crippen molar-refractivity contribution in [2.24, 2.45) is 5.92 Å². The van der Waals surface area contributed by atoms with E-state index in [-0.39, 0.29) is 6.04 Å². The summed E-state index contributed by atoms with van der Waals surface area (Å²) < 4.78 is 28.0. The molecule has 0 bridgehead atoms. The fourth-order valence-electron chi connectivity index (χ4n) is 2.65. The van der Waals surface area contributed by atoms with Crippen molar-refractivity contribution >= 4 is 9.84 Å². The maximum atomic E-state index is 11.3. The zero-order chi connectivity index (χ0) is 11.6. The van der Waals surface area contributed by atoms with Crippen LogP contribution in [0.2, 0.25) is 0 Å². The molecule has 16 heavy (non-hydrogen) atoms. The van der Waals surface area contributed by atoms with Gasteiger partial charge in [0.1, 0.15) is 0 Å². The van der Waals surface area contributed by atoms with Crippen LogP contribution in [-0.2, 0) is 14.6 Å². The highest BCUT2D eigenvalue weighted by atomic mass is 32.2. The largest absolute Gasteiger partial charge is 0.381 e. The molecule has 2 rings (SSSR count). The summed E-state index contributed by atoms with van der Waals surface area (Å²) in [5.74, 6) is 1.31. The highest BCUT2D eigenvalue weighted by Crippen LogP contribution is 2.20. The fourth-order valence-corrected chi connectivity index (χ4v) is 4.34. The Balaban J connectivity index is 1.80. The van der Waals surface area contributed by atoms with Gasteiger partial charge in [0.15, 0.2) is 9.84 Å². The Labute approximate surface area is 97.7 Å². The summed E-state index contributed by atoms with van der Waals surface area (Å²) in [7, 11) is -2.76. The number of rotatable bonds is 3. The summed E-state index contributed by atoms with van der Waals surface area (Å²) in [6, 6.07) is 0.574. The molecule has 2 atom stereocenters. The minimum absolute atomic E-state index is 0.169. The van der Waals surface area contributed by atoms with Gasteiger partial charge in [0, 0.05) is 25.3 Å². The maximum Gasteiger partial charge on any atom is 0.151 e. The first-order valence-electron chi connectivity index (χ1n) is 6.11. The quantitative estimate of drug-likeness (QED) is 0.792. The van der Waals surface area contributed by atoms with Gasteiger partial charge in [-0.1, -0.05) is 0 Å². The third kappa shape index (κ3) is 3.18. The van der Waals surface area contributed by atoms with Gasteiger partial charge in [0.2, 0.25) is 0 Å². The van der Waals surface area contributed by atoms with E-state index in [0.717, 1.165) is 32.5 Å². The van der Waals surface area contributed by atoms with Gasteiger partial charge in [-0.25, -0.2) is 8.42 Å². The standard InChI is InChI=1S/C11H21NO3S/c1-9(10-2-5-15-6-3-10)12-11-4-7-16(13,14)8-11/h9-12H,2-8H2,1H3. The van der Waals surface area contributed by atoms with Gasteiger partial charge in [-0.3, -0.25) is 0 Å². The van der Waals surface area contributed by atoms with Crippen LogP contribution in [0, 0.1) is 5.92 Å². The summed E-state index contributed by atoms with van der Waals surface area (Å²) in [6.45, 7) is 3.86. The van der Waals surface area contributed by atoms with E-state index < -0.39 is 9.84 Å². The van der Waals surface area contributed by atoms with Gasteiger partial charge in [-0.05, 0) is 32.1 Å². The van der Waals surface area contributed by atoms with E-state index in [1.165, 1.54) is 0 Å². The molecule has 2 aliphatic rings. The van der Waals surface area contributed by atoms with Crippen molar-refractivity contribution in [2.75, 3.05) is 24.7 Å². The predicted molar refractivity (Wildman–Crippen MR) is 63.2 cm³/mol. The van der Waals surface area contributed by atoms with Crippen molar-refractivity contribution in [1.82, 2.24) is 5.32 Å². The number of hydrogen-bond donors (Lipinski definition) is 1. The fraction of sp³-hybridized carbons (Fsp3) is 1.00. The molecule has 4 nitrogen and oxygen atoms in total. The molecule has 2 unspecified atom stereocenters. The van der Waals surface area contributed by atoms with Crippen LogP contribution >= 0.6 is 0 Å². The van der Waals surface area contributed by atoms with Gasteiger partial charge in [0.25, 0.3) is 0 Å². The second-order valence-corrected chi connectivity index (χ2v) is 7.23. The molecule has 1 N–H and O–H groups in total. The molecule has 0 radical (unpaired) electrons. The molecular weight excluding hydrogens is 226 g/mol. The molecule has 0 aromatic heterocycles. The lowest BCUT2D eigenvalue weighted by atomic mass is 9.92. The van der Waals surface area contributed by atoms with Crippen LogP contribution in [-0.4, -0.2) is 45.2 Å². The van der Waals surface area contributed by atoms with Gasteiger partial charge in [-0.2, -0.15) is 0 Å². The molecule has 0 saturated carbocycles.